The molecule has 1 aromatic heterocycles. The zero-order valence-corrected chi connectivity index (χ0v) is 21.9. The number of hydrogen-bond acceptors (Lipinski definition) is 5. The number of likely N-dealkylation sites (tertiary alicyclic amines) is 1. The Balaban J connectivity index is 1.82. The fourth-order valence-corrected chi connectivity index (χ4v) is 4.42. The Morgan fingerprint density at radius 3 is 1.86 bits per heavy atom. The van der Waals surface area contributed by atoms with Crippen molar-refractivity contribution in [2.45, 2.75) is 85.3 Å². The molecule has 1 atom stereocenters. The first-order valence-corrected chi connectivity index (χ1v) is 12.3. The molecule has 1 saturated heterocycles. The van der Waals surface area contributed by atoms with E-state index in [0.717, 1.165) is 19.3 Å². The molecule has 5 nitrogen and oxygen atoms in total. The molecule has 0 spiro atoms. The molecule has 0 radical (unpaired) electrons. The molecule has 3 rings (SSSR count). The van der Waals surface area contributed by atoms with Gasteiger partial charge in [-0.3, -0.25) is 9.69 Å². The van der Waals surface area contributed by atoms with Crippen LogP contribution in [0.1, 0.15) is 89.2 Å². The van der Waals surface area contributed by atoms with Crippen LogP contribution < -0.4 is 0 Å². The van der Waals surface area contributed by atoms with E-state index < -0.39 is 58.3 Å². The van der Waals surface area contributed by atoms with Crippen LogP contribution in [0.3, 0.4) is 0 Å². The van der Waals surface area contributed by atoms with Gasteiger partial charge < -0.3 is 4.74 Å². The van der Waals surface area contributed by atoms with E-state index in [9.17, 15) is 22.4 Å². The van der Waals surface area contributed by atoms with Crippen LogP contribution in [0.15, 0.2) is 12.4 Å². The van der Waals surface area contributed by atoms with Gasteiger partial charge in [-0.1, -0.05) is 48.0 Å². The van der Waals surface area contributed by atoms with Crippen LogP contribution in [0.5, 0.6) is 0 Å². The van der Waals surface area contributed by atoms with Crippen molar-refractivity contribution in [1.29, 1.82) is 0 Å². The maximum atomic E-state index is 14.8. The summed E-state index contributed by atoms with van der Waals surface area (Å²) in [6.07, 6.45) is 5.79. The van der Waals surface area contributed by atoms with Crippen molar-refractivity contribution in [2.24, 2.45) is 5.41 Å². The molecule has 1 unspecified atom stereocenters. The highest BCUT2D eigenvalue weighted by molar-refractivity contribution is 5.79. The zero-order chi connectivity index (χ0) is 26.8. The Labute approximate surface area is 210 Å². The average molecular weight is 510 g/mol. The van der Waals surface area contributed by atoms with Gasteiger partial charge in [0.25, 0.3) is 0 Å². The fourth-order valence-electron chi connectivity index (χ4n) is 4.42. The van der Waals surface area contributed by atoms with Crippen molar-refractivity contribution < 1.29 is 27.1 Å². The van der Waals surface area contributed by atoms with Crippen molar-refractivity contribution in [3.63, 3.8) is 0 Å². The third-order valence-electron chi connectivity index (χ3n) is 6.41. The van der Waals surface area contributed by atoms with E-state index in [-0.39, 0.29) is 12.0 Å². The summed E-state index contributed by atoms with van der Waals surface area (Å²) in [6.45, 7) is 11.3. The van der Waals surface area contributed by atoms with Crippen LogP contribution in [0.4, 0.5) is 17.6 Å². The number of nitrogens with zero attached hydrogens (tertiary/aromatic N) is 3. The maximum Gasteiger partial charge on any atom is 0.314 e. The minimum absolute atomic E-state index is 0.220. The van der Waals surface area contributed by atoms with E-state index in [4.69, 9.17) is 4.74 Å². The summed E-state index contributed by atoms with van der Waals surface area (Å²) in [7, 11) is 0. The Morgan fingerprint density at radius 2 is 1.39 bits per heavy atom. The molecule has 1 aliphatic rings. The highest BCUT2D eigenvalue weighted by Gasteiger charge is 2.36. The molecule has 0 N–H and O–H groups in total. The van der Waals surface area contributed by atoms with E-state index >= 15 is 0 Å². The highest BCUT2D eigenvalue weighted by Crippen LogP contribution is 2.36. The van der Waals surface area contributed by atoms with Crippen LogP contribution in [-0.4, -0.2) is 33.9 Å². The van der Waals surface area contributed by atoms with Gasteiger partial charge in [0.2, 0.25) is 0 Å². The second-order valence-electron chi connectivity index (χ2n) is 11.5. The van der Waals surface area contributed by atoms with Gasteiger partial charge in [0.05, 0.1) is 11.5 Å². The number of ether oxygens (including phenoxy) is 1. The van der Waals surface area contributed by atoms with E-state index in [1.54, 1.807) is 25.7 Å². The molecule has 0 amide bonds. The summed E-state index contributed by atoms with van der Waals surface area (Å²) in [5, 5.41) is 0. The second kappa shape index (κ2) is 10.8. The lowest BCUT2D eigenvalue weighted by molar-refractivity contribution is -0.149. The van der Waals surface area contributed by atoms with Crippen LogP contribution in [0.2, 0.25) is 0 Å². The van der Waals surface area contributed by atoms with E-state index in [1.165, 1.54) is 12.4 Å². The van der Waals surface area contributed by atoms with E-state index in [2.05, 4.69) is 9.97 Å². The lowest BCUT2D eigenvalue weighted by Crippen LogP contribution is -2.30. The Morgan fingerprint density at radius 1 is 0.889 bits per heavy atom. The van der Waals surface area contributed by atoms with E-state index in [0.29, 0.717) is 24.5 Å². The van der Waals surface area contributed by atoms with E-state index in [1.807, 2.05) is 20.8 Å². The number of rotatable bonds is 6. The first-order valence-electron chi connectivity index (χ1n) is 12.3. The van der Waals surface area contributed by atoms with Gasteiger partial charge in [-0.05, 0) is 31.3 Å². The third-order valence-corrected chi connectivity index (χ3v) is 6.41. The highest BCUT2D eigenvalue weighted by atomic mass is 19.2. The van der Waals surface area contributed by atoms with Gasteiger partial charge in [-0.25, -0.2) is 27.5 Å². The van der Waals surface area contributed by atoms with Crippen LogP contribution >= 0.6 is 0 Å². The predicted octanol–water partition coefficient (Wildman–Crippen LogP) is 6.19. The normalized spacial score (nSPS) is 16.2. The van der Waals surface area contributed by atoms with Crippen molar-refractivity contribution in [3.05, 3.63) is 58.2 Å². The summed E-state index contributed by atoms with van der Waals surface area (Å²) >= 11 is 0. The quantitative estimate of drug-likeness (QED) is 0.264. The minimum atomic E-state index is -1.54. The molecule has 1 aromatic carbocycles. The molecule has 0 bridgehead atoms. The molecule has 36 heavy (non-hydrogen) atoms. The number of hydrogen-bond donors (Lipinski definition) is 0. The topological polar surface area (TPSA) is 55.3 Å². The number of piperidine rings is 1. The first kappa shape index (κ1) is 28.0. The third kappa shape index (κ3) is 6.22. The average Bonchev–Trinajstić information content (AvgIpc) is 2.80. The molecule has 1 fully saturated rings. The molecule has 0 aliphatic carbocycles. The van der Waals surface area contributed by atoms with Gasteiger partial charge >= 0.3 is 5.97 Å². The van der Waals surface area contributed by atoms with Crippen LogP contribution in [0, 0.1) is 28.7 Å². The molecular formula is C27H35F4N3O2. The summed E-state index contributed by atoms with van der Waals surface area (Å²) in [5.74, 6) is -7.07. The smallest absolute Gasteiger partial charge is 0.314 e. The monoisotopic (exact) mass is 509 g/mol. The van der Waals surface area contributed by atoms with Gasteiger partial charge in [0.1, 0.15) is 12.4 Å². The molecule has 1 aliphatic heterocycles. The minimum Gasteiger partial charge on any atom is -0.460 e. The number of carbonyl (C=O) groups excluding carboxylic acids is 1. The number of halogens is 4. The zero-order valence-electron chi connectivity index (χ0n) is 21.9. The van der Waals surface area contributed by atoms with Gasteiger partial charge in [-0.15, -0.1) is 0 Å². The SMILES string of the molecule is CC(C)(C)c1ncc(C(C(=O)OCc2c(F)c(F)c(CN3CCCCC3)c(F)c2F)C(C)(C)C)cn1. The summed E-state index contributed by atoms with van der Waals surface area (Å²) in [5.41, 5.74) is -2.08. The maximum absolute atomic E-state index is 14.8. The first-order chi connectivity index (χ1) is 16.7. The largest absolute Gasteiger partial charge is 0.460 e. The van der Waals surface area contributed by atoms with Crippen LogP contribution in [0.25, 0.3) is 0 Å². The standard InChI is InChI=1S/C27H35F4N3O2/c1-26(2,3)19(16-12-32-25(33-13-16)27(4,5)6)24(35)36-15-18-22(30)20(28)17(21(29)23(18)31)14-34-10-8-7-9-11-34/h12-13,19H,7-11,14-15H2,1-6H3. The number of esters is 1. The van der Waals surface area contributed by atoms with Crippen molar-refractivity contribution in [1.82, 2.24) is 14.9 Å². The lowest BCUT2D eigenvalue weighted by atomic mass is 9.77. The molecule has 0 saturated carbocycles. The van der Waals surface area contributed by atoms with Crippen LogP contribution in [-0.2, 0) is 28.1 Å². The Bertz CT molecular complexity index is 1060. The van der Waals surface area contributed by atoms with Crippen molar-refractivity contribution >= 4 is 5.97 Å². The molecule has 2 aromatic rings. The summed E-state index contributed by atoms with van der Waals surface area (Å²) in [6, 6.07) is 0. The summed E-state index contributed by atoms with van der Waals surface area (Å²) in [4.78, 5) is 23.5. The Hall–Kier alpha value is -2.55. The number of aromatic nitrogens is 2. The summed E-state index contributed by atoms with van der Waals surface area (Å²) < 4.78 is 64.4. The van der Waals surface area contributed by atoms with Crippen molar-refractivity contribution in [2.75, 3.05) is 13.1 Å². The van der Waals surface area contributed by atoms with Gasteiger partial charge in [-0.2, -0.15) is 0 Å². The molecular weight excluding hydrogens is 474 g/mol. The molecule has 2 heterocycles. The fraction of sp³-hybridized carbons (Fsp3) is 0.593. The number of benzene rings is 1. The molecule has 198 valence electrons. The van der Waals surface area contributed by atoms with Gasteiger partial charge in [0.15, 0.2) is 23.3 Å². The van der Waals surface area contributed by atoms with Gasteiger partial charge in [0, 0.05) is 35.5 Å². The predicted molar refractivity (Wildman–Crippen MR) is 128 cm³/mol. The lowest BCUT2D eigenvalue weighted by Gasteiger charge is -2.29. The molecule has 9 heteroatoms. The van der Waals surface area contributed by atoms with Crippen molar-refractivity contribution in [3.8, 4) is 0 Å². The Kier molecular flexibility index (Phi) is 8.43. The number of carbonyl (C=O) groups is 1. The second-order valence-corrected chi connectivity index (χ2v) is 11.5.